The molecule has 5 aromatic heterocycles. The van der Waals surface area contributed by atoms with Crippen LogP contribution in [0.5, 0.6) is 5.75 Å². The van der Waals surface area contributed by atoms with Crippen molar-refractivity contribution < 1.29 is 52.9 Å². The third kappa shape index (κ3) is 30.6. The quantitative estimate of drug-likeness (QED) is 0.0249. The number of aromatic nitrogens is 9. The van der Waals surface area contributed by atoms with Crippen molar-refractivity contribution in [1.29, 1.82) is 0 Å². The van der Waals surface area contributed by atoms with Crippen LogP contribution in [0.4, 0.5) is 5.69 Å². The fourth-order valence-electron chi connectivity index (χ4n) is 16.4. The van der Waals surface area contributed by atoms with Crippen molar-refractivity contribution in [3.05, 3.63) is 458 Å². The number of imidazole rings is 4. The lowest BCUT2D eigenvalue weighted by Gasteiger charge is -2.37. The van der Waals surface area contributed by atoms with Gasteiger partial charge in [0.2, 0.25) is 11.7 Å². The summed E-state index contributed by atoms with van der Waals surface area (Å²) in [5.41, 5.74) is 9.58. The summed E-state index contributed by atoms with van der Waals surface area (Å²) in [5.74, 6) is 0.157. The van der Waals surface area contributed by atoms with Gasteiger partial charge in [0.1, 0.15) is 36.2 Å². The second-order valence-corrected chi connectivity index (χ2v) is 38.2. The molecule has 34 heteroatoms. The summed E-state index contributed by atoms with van der Waals surface area (Å²) in [4.78, 5) is 65.3. The molecule has 3 aliphatic rings. The molecule has 140 heavy (non-hydrogen) atoms. The van der Waals surface area contributed by atoms with E-state index in [0.29, 0.717) is 103 Å². The number of carbonyl (C=O) groups excluding carboxylic acids is 1. The monoisotopic (exact) mass is 2100 g/mol. The number of nitrogens with zero attached hydrogens (tertiary/aromatic N) is 11. The maximum absolute atomic E-state index is 11.6. The molecular formula is C106H102Cl10N11O12P. The van der Waals surface area contributed by atoms with E-state index in [1.165, 1.54) is 36.1 Å². The van der Waals surface area contributed by atoms with Crippen LogP contribution in [-0.2, 0) is 72.5 Å². The highest BCUT2D eigenvalue weighted by atomic mass is 35.5. The molecule has 3 fully saturated rings. The number of pyridine rings is 1. The van der Waals surface area contributed by atoms with Crippen molar-refractivity contribution in [2.24, 2.45) is 0 Å². The van der Waals surface area contributed by atoms with Gasteiger partial charge >= 0.3 is 7.82 Å². The lowest BCUT2D eigenvalue weighted by atomic mass is 9.76. The summed E-state index contributed by atoms with van der Waals surface area (Å²) in [5, 5.41) is 18.2. The van der Waals surface area contributed by atoms with Crippen LogP contribution in [-0.4, -0.2) is 119 Å². The largest absolute Gasteiger partial charge is 0.491 e. The van der Waals surface area contributed by atoms with E-state index in [2.05, 4.69) is 133 Å². The van der Waals surface area contributed by atoms with Crippen LogP contribution in [0.15, 0.2) is 347 Å². The molecular weight excluding hydrogens is 2000 g/mol. The number of ether oxygens (including phenoxy) is 5. The summed E-state index contributed by atoms with van der Waals surface area (Å²) in [6.45, 7) is 9.65. The van der Waals surface area contributed by atoms with Crippen LogP contribution in [0.3, 0.4) is 0 Å². The SMILES string of the molecule is CC(=O)N1CCN(c2ccc(OCC3COC(Cn4ccnc4)(c4ccc(Cl)cc4Cl)O3)cc2)CC1.Cc1cc(C2CCCCC2)n(O)c(=O)c1.Clc1ccc(COC(Cn2ccnc2)c2ccc(Cl)cc2Cl)c(Cl)c1.Clc1ccc(COC(Cn2ccnc2)c2ccc(Cl)cc2Cl)cc1.Clc1ccccc1C(c1ccccc1)(c1ccccc1)n1ccnc1.O=P(O)(O)O.c1ccc2ccccc2c1. The fraction of sp³-hybridized carbons (Fsp3) is 0.226. The van der Waals surface area contributed by atoms with Crippen molar-refractivity contribution >= 4 is 146 Å². The number of benzene rings is 11. The van der Waals surface area contributed by atoms with E-state index in [9.17, 15) is 14.8 Å². The Kier molecular flexibility index (Phi) is 39.8. The Morgan fingerprint density at radius 1 is 0.507 bits per heavy atom. The number of fused-ring (bicyclic) bond motifs is 1. The lowest BCUT2D eigenvalue weighted by molar-refractivity contribution is -0.189. The molecule has 23 nitrogen and oxygen atoms in total. The van der Waals surface area contributed by atoms with Crippen LogP contribution in [0.2, 0.25) is 50.2 Å². The maximum Gasteiger partial charge on any atom is 0.466 e. The molecule has 1 amide bonds. The minimum Gasteiger partial charge on any atom is -0.491 e. The van der Waals surface area contributed by atoms with E-state index in [1.807, 2.05) is 172 Å². The van der Waals surface area contributed by atoms with E-state index >= 15 is 0 Å². The van der Waals surface area contributed by atoms with Crippen molar-refractivity contribution in [2.75, 3.05) is 44.3 Å². The number of phosphoric acid groups is 1. The number of rotatable bonds is 24. The first-order valence-electron chi connectivity index (χ1n) is 44.7. The summed E-state index contributed by atoms with van der Waals surface area (Å²) >= 11 is 62.2. The predicted octanol–water partition coefficient (Wildman–Crippen LogP) is 26.2. The molecule has 2 aliphatic heterocycles. The van der Waals surface area contributed by atoms with Crippen LogP contribution >= 0.6 is 124 Å². The Bertz CT molecular complexity index is 6580. The third-order valence-electron chi connectivity index (χ3n) is 23.2. The molecule has 2 saturated heterocycles. The summed E-state index contributed by atoms with van der Waals surface area (Å²) in [6, 6.07) is 86.0. The Hall–Kier alpha value is -10.8. The summed E-state index contributed by atoms with van der Waals surface area (Å²) < 4.78 is 48.6. The second kappa shape index (κ2) is 52.3. The van der Waals surface area contributed by atoms with E-state index in [0.717, 1.165) is 110 Å². The average molecular weight is 2110 g/mol. The number of aryl methyl sites for hydroxylation is 1. The van der Waals surface area contributed by atoms with E-state index < -0.39 is 19.1 Å². The van der Waals surface area contributed by atoms with Gasteiger partial charge in [-0.05, 0) is 155 Å². The van der Waals surface area contributed by atoms with Gasteiger partial charge in [0, 0.05) is 168 Å². The first-order valence-corrected chi connectivity index (χ1v) is 50.1. The van der Waals surface area contributed by atoms with E-state index in [1.54, 1.807) is 93.2 Å². The first-order chi connectivity index (χ1) is 67.5. The van der Waals surface area contributed by atoms with Crippen molar-refractivity contribution in [1.82, 2.24) is 47.8 Å². The molecule has 0 radical (unpaired) electrons. The molecule has 16 aromatic rings. The van der Waals surface area contributed by atoms with Gasteiger partial charge < -0.3 is 71.6 Å². The molecule has 0 spiro atoms. The summed E-state index contributed by atoms with van der Waals surface area (Å²) in [7, 11) is -4.64. The van der Waals surface area contributed by atoms with Gasteiger partial charge in [-0.15, -0.1) is 0 Å². The minimum atomic E-state index is -4.64. The number of carbonyl (C=O) groups is 1. The van der Waals surface area contributed by atoms with Crippen molar-refractivity contribution in [3.8, 4) is 5.75 Å². The van der Waals surface area contributed by atoms with Crippen LogP contribution < -0.4 is 15.2 Å². The fourth-order valence-corrected chi connectivity index (χ4v) is 18.9. The van der Waals surface area contributed by atoms with Gasteiger partial charge in [-0.3, -0.25) is 9.59 Å². The zero-order valence-electron chi connectivity index (χ0n) is 76.2. The van der Waals surface area contributed by atoms with Gasteiger partial charge in [-0.1, -0.05) is 299 Å². The molecule has 1 aliphatic carbocycles. The number of piperazine rings is 1. The second-order valence-electron chi connectivity index (χ2n) is 33.0. The Morgan fingerprint density at radius 3 is 1.49 bits per heavy atom. The number of hydrogen-bond donors (Lipinski definition) is 4. The van der Waals surface area contributed by atoms with Gasteiger partial charge in [0.05, 0.1) is 75.5 Å². The van der Waals surface area contributed by atoms with Crippen LogP contribution in [0, 0.1) is 6.92 Å². The Labute approximate surface area is 862 Å². The molecule has 19 rings (SSSR count). The Morgan fingerprint density at radius 2 is 0.986 bits per heavy atom. The zero-order valence-corrected chi connectivity index (χ0v) is 84.6. The van der Waals surface area contributed by atoms with Gasteiger partial charge in [0.15, 0.2) is 0 Å². The van der Waals surface area contributed by atoms with Crippen LogP contribution in [0.25, 0.3) is 10.8 Å². The third-order valence-corrected chi connectivity index (χ3v) is 26.1. The van der Waals surface area contributed by atoms with E-state index in [4.69, 9.17) is 159 Å². The van der Waals surface area contributed by atoms with Crippen molar-refractivity contribution in [3.63, 3.8) is 0 Å². The number of halogens is 10. The topological polar surface area (TPSA) is 261 Å². The van der Waals surface area contributed by atoms with Crippen LogP contribution in [0.1, 0.15) is 113 Å². The standard InChI is InChI=1S/C26H28Cl2N4O4.C22H17ClN2.C18H14Cl4N2O.C18H15Cl3N2O.C12H17NO2.C10H8.H3O4P/c1-19(33)31-10-12-32(13-11-31)21-3-5-22(6-4-21)34-15-23-16-35-26(36-23,17-30-9-8-29-18-30)24-7-2-20(27)14-25(24)28;23-21-14-8-7-13-20(21)22(25-16-15-24-17-25,18-9-3-1-4-10-18)19-11-5-2-6-12-19;19-13-2-1-12(16(21)7-13)10-25-18(9-24-6-5-23-11-24)15-4-3-14(20)8-17(15)22;19-14-3-1-13(2-4-14)11-24-18(10-23-8-7-22-12-23)16-6-5-15(20)9-17(16)21;1-9-7-11(13(15)12(14)8-9)10-5-3-2-4-6-10;1-2-6-10-8-4-3-7-9(10)5-1;1-5(2,3)4/h2-9,14,18,23H,10-13,15-17H2,1H3;1-17H;1-8,11,18H,9-10H2;1-9,12,18H,10-11H2;7-8,10,15H,2-6H2,1H3;1-8H;(H3,1,2,3,4). The molecule has 728 valence electrons. The molecule has 1 saturated carbocycles. The molecule has 0 bridgehead atoms. The molecule has 4 atom stereocenters. The molecule has 7 heterocycles. The first kappa shape index (κ1) is 106. The number of hydrogen-bond acceptors (Lipinski definition) is 14. The normalized spacial score (nSPS) is 15.1. The highest BCUT2D eigenvalue weighted by Crippen LogP contribution is 2.46. The Balaban J connectivity index is 0.000000144. The molecule has 11 aromatic carbocycles. The maximum atomic E-state index is 11.6. The summed E-state index contributed by atoms with van der Waals surface area (Å²) in [6.07, 6.45) is 26.7. The van der Waals surface area contributed by atoms with Gasteiger partial charge in [-0.25, -0.2) is 24.5 Å². The zero-order chi connectivity index (χ0) is 99.1. The molecule has 4 N–H and O–H groups in total. The average Bonchev–Trinajstić information content (AvgIpc) is 1.19. The number of anilines is 1. The van der Waals surface area contributed by atoms with Gasteiger partial charge in [0.25, 0.3) is 5.56 Å². The smallest absolute Gasteiger partial charge is 0.466 e. The highest BCUT2D eigenvalue weighted by molar-refractivity contribution is 7.45. The molecule has 4 unspecified atom stereocenters. The van der Waals surface area contributed by atoms with Gasteiger partial charge in [-0.2, -0.15) is 4.73 Å². The number of amides is 1. The minimum absolute atomic E-state index is 0.129. The van der Waals surface area contributed by atoms with Crippen molar-refractivity contribution in [2.45, 2.75) is 114 Å². The van der Waals surface area contributed by atoms with E-state index in [-0.39, 0.29) is 29.8 Å². The predicted molar refractivity (Wildman–Crippen MR) is 556 cm³/mol. The highest BCUT2D eigenvalue weighted by Gasteiger charge is 2.46. The lowest BCUT2D eigenvalue weighted by Crippen LogP contribution is -2.48.